The average molecular weight is 434 g/mol. The van der Waals surface area contributed by atoms with Crippen LogP contribution in [0.2, 0.25) is 0 Å². The van der Waals surface area contributed by atoms with Crippen molar-refractivity contribution in [3.63, 3.8) is 0 Å². The number of likely N-dealkylation sites (tertiary alicyclic amines) is 1. The van der Waals surface area contributed by atoms with Crippen LogP contribution in [0.4, 0.5) is 0 Å². The van der Waals surface area contributed by atoms with E-state index in [9.17, 15) is 9.11 Å². The molecule has 2 unspecified atom stereocenters. The number of methoxy groups -OCH3 is 1. The van der Waals surface area contributed by atoms with E-state index in [4.69, 9.17) is 14.2 Å². The van der Waals surface area contributed by atoms with Crippen LogP contribution in [-0.4, -0.2) is 52.6 Å². The zero-order chi connectivity index (χ0) is 21.1. The van der Waals surface area contributed by atoms with Crippen LogP contribution in [0.1, 0.15) is 37.9 Å². The smallest absolute Gasteiger partial charge is 0.185 e. The van der Waals surface area contributed by atoms with E-state index >= 15 is 0 Å². The molecule has 0 saturated carbocycles. The lowest BCUT2D eigenvalue weighted by molar-refractivity contribution is 0.172. The zero-order valence-electron chi connectivity index (χ0n) is 17.6. The lowest BCUT2D eigenvalue weighted by Gasteiger charge is -2.47. The van der Waals surface area contributed by atoms with Crippen LogP contribution in [0.15, 0.2) is 47.4 Å². The summed E-state index contributed by atoms with van der Waals surface area (Å²) < 4.78 is 39.3. The van der Waals surface area contributed by atoms with Crippen LogP contribution in [-0.2, 0) is 0 Å². The molecule has 2 aliphatic rings. The summed E-state index contributed by atoms with van der Waals surface area (Å²) in [5, 5.41) is -0.482. The lowest BCUT2D eigenvalue weighted by atomic mass is 10.1. The van der Waals surface area contributed by atoms with Crippen LogP contribution in [0, 0.1) is 0 Å². The topological polar surface area (TPSA) is 71.4 Å². The van der Waals surface area contributed by atoms with Gasteiger partial charge in [-0.1, -0.05) is 18.2 Å². The summed E-state index contributed by atoms with van der Waals surface area (Å²) in [5.74, 6) is 1.72. The van der Waals surface area contributed by atoms with E-state index in [1.54, 1.807) is 25.3 Å². The van der Waals surface area contributed by atoms with Crippen LogP contribution < -0.4 is 14.2 Å². The standard InChI is InChI=1S/C23H31NO5S/c1-17-22(29-23-20(27-2)7-5-8-21(23)30(17,25)26)18-9-11-19(12-10-18)28-16-6-15-24-13-3-4-14-24/h5,7-12,17,22,25-26H,3-4,6,13-16H2,1-2H3. The summed E-state index contributed by atoms with van der Waals surface area (Å²) in [6.45, 7) is 6.01. The Labute approximate surface area is 180 Å². The Morgan fingerprint density at radius 1 is 1.10 bits per heavy atom. The van der Waals surface area contributed by atoms with E-state index in [1.165, 1.54) is 25.9 Å². The van der Waals surface area contributed by atoms with Gasteiger partial charge in [0, 0.05) is 6.54 Å². The summed E-state index contributed by atoms with van der Waals surface area (Å²) in [5.41, 5.74) is 0.878. The van der Waals surface area contributed by atoms with Gasteiger partial charge in [0.05, 0.1) is 19.0 Å². The molecule has 2 atom stereocenters. The highest BCUT2D eigenvalue weighted by Gasteiger charge is 2.41. The number of fused-ring (bicyclic) bond motifs is 1. The van der Waals surface area contributed by atoms with Gasteiger partial charge in [0.2, 0.25) is 0 Å². The fourth-order valence-electron chi connectivity index (χ4n) is 4.18. The molecule has 2 aromatic rings. The van der Waals surface area contributed by atoms with Crippen molar-refractivity contribution >= 4 is 10.6 Å². The normalized spacial score (nSPS) is 24.0. The molecule has 2 aromatic carbocycles. The third-order valence-corrected chi connectivity index (χ3v) is 8.22. The molecule has 164 valence electrons. The van der Waals surface area contributed by atoms with E-state index in [2.05, 4.69) is 4.90 Å². The van der Waals surface area contributed by atoms with Gasteiger partial charge in [-0.3, -0.25) is 9.11 Å². The Morgan fingerprint density at radius 2 is 1.83 bits per heavy atom. The summed E-state index contributed by atoms with van der Waals surface area (Å²) in [6, 6.07) is 12.9. The fraction of sp³-hybridized carbons (Fsp3) is 0.478. The quantitative estimate of drug-likeness (QED) is 0.586. The molecule has 0 spiro atoms. The van der Waals surface area contributed by atoms with Crippen molar-refractivity contribution in [1.82, 2.24) is 4.90 Å². The molecule has 30 heavy (non-hydrogen) atoms. The fourth-order valence-corrected chi connectivity index (χ4v) is 5.84. The first-order valence-electron chi connectivity index (χ1n) is 10.6. The first-order chi connectivity index (χ1) is 14.5. The minimum absolute atomic E-state index is 0.406. The minimum Gasteiger partial charge on any atom is -0.494 e. The summed E-state index contributed by atoms with van der Waals surface area (Å²) >= 11 is 0. The molecule has 0 radical (unpaired) electrons. The molecule has 0 amide bonds. The van der Waals surface area contributed by atoms with Crippen LogP contribution in [0.3, 0.4) is 0 Å². The average Bonchev–Trinajstić information content (AvgIpc) is 3.28. The van der Waals surface area contributed by atoms with Gasteiger partial charge in [0.25, 0.3) is 0 Å². The molecule has 6 nitrogen and oxygen atoms in total. The number of hydrogen-bond acceptors (Lipinski definition) is 6. The van der Waals surface area contributed by atoms with E-state index in [-0.39, 0.29) is 0 Å². The van der Waals surface area contributed by atoms with Crippen molar-refractivity contribution in [2.75, 3.05) is 33.4 Å². The predicted octanol–water partition coefficient (Wildman–Crippen LogP) is 5.19. The zero-order valence-corrected chi connectivity index (χ0v) is 18.4. The molecule has 0 bridgehead atoms. The van der Waals surface area contributed by atoms with Gasteiger partial charge in [0.1, 0.15) is 16.7 Å². The maximum Gasteiger partial charge on any atom is 0.185 e. The number of para-hydroxylation sites is 1. The molecule has 0 aliphatic carbocycles. The molecular formula is C23H31NO5S. The van der Waals surface area contributed by atoms with Crippen molar-refractivity contribution in [2.45, 2.75) is 42.4 Å². The minimum atomic E-state index is -3.03. The van der Waals surface area contributed by atoms with Gasteiger partial charge in [-0.15, -0.1) is 0 Å². The Morgan fingerprint density at radius 3 is 2.53 bits per heavy atom. The molecule has 2 N–H and O–H groups in total. The number of benzene rings is 2. The molecule has 1 saturated heterocycles. The Kier molecular flexibility index (Phi) is 6.43. The highest BCUT2D eigenvalue weighted by atomic mass is 32.3. The van der Waals surface area contributed by atoms with Crippen molar-refractivity contribution < 1.29 is 23.3 Å². The molecule has 7 heteroatoms. The highest BCUT2D eigenvalue weighted by Crippen LogP contribution is 2.64. The first kappa shape index (κ1) is 21.3. The molecule has 4 rings (SSSR count). The predicted molar refractivity (Wildman–Crippen MR) is 119 cm³/mol. The number of hydrogen-bond donors (Lipinski definition) is 2. The maximum atomic E-state index is 10.9. The van der Waals surface area contributed by atoms with Crippen molar-refractivity contribution in [3.8, 4) is 17.2 Å². The van der Waals surface area contributed by atoms with E-state index in [0.29, 0.717) is 23.0 Å². The van der Waals surface area contributed by atoms with Crippen molar-refractivity contribution in [2.24, 2.45) is 0 Å². The largest absolute Gasteiger partial charge is 0.494 e. The first-order valence-corrected chi connectivity index (χ1v) is 12.2. The van der Waals surface area contributed by atoms with E-state index in [1.807, 2.05) is 31.2 Å². The molecule has 2 aliphatic heterocycles. The van der Waals surface area contributed by atoms with Gasteiger partial charge in [0.15, 0.2) is 11.5 Å². The third-order valence-electron chi connectivity index (χ3n) is 5.97. The molecule has 0 aromatic heterocycles. The second-order valence-electron chi connectivity index (χ2n) is 7.94. The number of rotatable bonds is 7. The van der Waals surface area contributed by atoms with Gasteiger partial charge in [-0.05, 0) is 69.1 Å². The summed E-state index contributed by atoms with van der Waals surface area (Å²) in [6.07, 6.45) is 3.15. The van der Waals surface area contributed by atoms with Gasteiger partial charge in [-0.25, -0.2) is 0 Å². The van der Waals surface area contributed by atoms with Crippen LogP contribution in [0.25, 0.3) is 0 Å². The van der Waals surface area contributed by atoms with Gasteiger partial charge >= 0.3 is 0 Å². The Bertz CT molecular complexity index is 851. The van der Waals surface area contributed by atoms with Crippen molar-refractivity contribution in [3.05, 3.63) is 48.0 Å². The summed E-state index contributed by atoms with van der Waals surface area (Å²) in [7, 11) is -1.48. The summed E-state index contributed by atoms with van der Waals surface area (Å²) in [4.78, 5) is 2.89. The number of ether oxygens (including phenoxy) is 3. The van der Waals surface area contributed by atoms with E-state index < -0.39 is 21.9 Å². The third kappa shape index (κ3) is 4.25. The second-order valence-corrected chi connectivity index (χ2v) is 10.3. The maximum absolute atomic E-state index is 10.9. The highest BCUT2D eigenvalue weighted by molar-refractivity contribution is 8.25. The van der Waals surface area contributed by atoms with Crippen LogP contribution >= 0.6 is 10.6 Å². The Balaban J connectivity index is 1.43. The monoisotopic (exact) mass is 433 g/mol. The van der Waals surface area contributed by atoms with Crippen LogP contribution in [0.5, 0.6) is 17.2 Å². The SMILES string of the molecule is COc1cccc2c1OC(c1ccc(OCCCN3CCCC3)cc1)C(C)S2(O)O. The second kappa shape index (κ2) is 9.06. The number of nitrogens with zero attached hydrogens (tertiary/aromatic N) is 1. The molecule has 1 fully saturated rings. The van der Waals surface area contributed by atoms with Crippen molar-refractivity contribution in [1.29, 1.82) is 0 Å². The Hall–Kier alpha value is -1.93. The van der Waals surface area contributed by atoms with Gasteiger partial charge < -0.3 is 19.1 Å². The lowest BCUT2D eigenvalue weighted by Crippen LogP contribution is -2.31. The van der Waals surface area contributed by atoms with E-state index in [0.717, 1.165) is 24.3 Å². The van der Waals surface area contributed by atoms with Gasteiger partial charge in [-0.2, -0.15) is 10.6 Å². The molecular weight excluding hydrogens is 402 g/mol. The molecule has 2 heterocycles.